The van der Waals surface area contributed by atoms with Crippen LogP contribution in [0, 0.1) is 5.82 Å². The van der Waals surface area contributed by atoms with Crippen molar-refractivity contribution in [1.82, 2.24) is 0 Å². The van der Waals surface area contributed by atoms with Crippen LogP contribution >= 0.6 is 31.9 Å². The second-order valence-corrected chi connectivity index (χ2v) is 5.98. The SMILES string of the molecule is COC(=O)C(Br)CN1C(=O)C(=O)c2cc(Br)c(F)cc21. The summed E-state index contributed by atoms with van der Waals surface area (Å²) in [5.41, 5.74) is 0.252. The monoisotopic (exact) mass is 407 g/mol. The summed E-state index contributed by atoms with van der Waals surface area (Å²) in [6, 6.07) is 2.34. The van der Waals surface area contributed by atoms with Crippen LogP contribution in [0.4, 0.5) is 10.1 Å². The van der Waals surface area contributed by atoms with Gasteiger partial charge in [-0.15, -0.1) is 0 Å². The molecule has 1 aromatic carbocycles. The topological polar surface area (TPSA) is 63.7 Å². The van der Waals surface area contributed by atoms with Crippen LogP contribution < -0.4 is 4.90 Å². The molecule has 1 heterocycles. The standard InChI is InChI=1S/C12H8Br2FNO4/c1-20-12(19)7(14)4-16-9-3-8(15)6(13)2-5(9)10(17)11(16)18/h2-3,7H,4H2,1H3. The van der Waals surface area contributed by atoms with Gasteiger partial charge >= 0.3 is 5.97 Å². The lowest BCUT2D eigenvalue weighted by Gasteiger charge is -2.19. The summed E-state index contributed by atoms with van der Waals surface area (Å²) in [6.07, 6.45) is 0. The molecule has 106 valence electrons. The highest BCUT2D eigenvalue weighted by Crippen LogP contribution is 2.33. The molecule has 0 bridgehead atoms. The van der Waals surface area contributed by atoms with Crippen molar-refractivity contribution >= 4 is 55.2 Å². The van der Waals surface area contributed by atoms with Gasteiger partial charge in [-0.3, -0.25) is 14.4 Å². The van der Waals surface area contributed by atoms with E-state index in [1.807, 2.05) is 0 Å². The third-order valence-electron chi connectivity index (χ3n) is 2.81. The fourth-order valence-corrected chi connectivity index (χ4v) is 2.65. The summed E-state index contributed by atoms with van der Waals surface area (Å²) in [5.74, 6) is -2.71. The summed E-state index contributed by atoms with van der Waals surface area (Å²) in [4.78, 5) is 35.3. The fraction of sp³-hybridized carbons (Fsp3) is 0.250. The number of Topliss-reactive ketones (excluding diaryl/α,β-unsaturated/α-hetero) is 1. The lowest BCUT2D eigenvalue weighted by atomic mass is 10.1. The Hall–Kier alpha value is -1.28. The molecule has 0 radical (unpaired) electrons. The Morgan fingerprint density at radius 3 is 2.70 bits per heavy atom. The van der Waals surface area contributed by atoms with Crippen molar-refractivity contribution < 1.29 is 23.5 Å². The summed E-state index contributed by atoms with van der Waals surface area (Å²) < 4.78 is 18.2. The lowest BCUT2D eigenvalue weighted by Crippen LogP contribution is -2.37. The number of esters is 1. The number of anilines is 1. The summed E-state index contributed by atoms with van der Waals surface area (Å²) in [5, 5.41) is 0. The van der Waals surface area contributed by atoms with Crippen molar-refractivity contribution in [3.63, 3.8) is 0 Å². The molecule has 0 aromatic heterocycles. The Labute approximate surface area is 130 Å². The number of fused-ring (bicyclic) bond motifs is 1. The van der Waals surface area contributed by atoms with E-state index in [-0.39, 0.29) is 22.3 Å². The molecule has 8 heteroatoms. The van der Waals surface area contributed by atoms with Crippen LogP contribution in [-0.4, -0.2) is 36.1 Å². The highest BCUT2D eigenvalue weighted by Gasteiger charge is 2.38. The van der Waals surface area contributed by atoms with E-state index in [9.17, 15) is 18.8 Å². The van der Waals surface area contributed by atoms with Crippen LogP contribution in [0.3, 0.4) is 0 Å². The van der Waals surface area contributed by atoms with E-state index in [1.54, 1.807) is 0 Å². The van der Waals surface area contributed by atoms with Crippen molar-refractivity contribution in [3.8, 4) is 0 Å². The highest BCUT2D eigenvalue weighted by molar-refractivity contribution is 9.10. The van der Waals surface area contributed by atoms with Gasteiger partial charge in [0, 0.05) is 6.54 Å². The van der Waals surface area contributed by atoms with Gasteiger partial charge in [0.2, 0.25) is 0 Å². The maximum Gasteiger partial charge on any atom is 0.321 e. The molecule has 0 spiro atoms. The maximum absolute atomic E-state index is 13.6. The summed E-state index contributed by atoms with van der Waals surface area (Å²) in [7, 11) is 1.21. The van der Waals surface area contributed by atoms with Crippen molar-refractivity contribution in [2.75, 3.05) is 18.6 Å². The Bertz CT molecular complexity index is 620. The molecule has 1 aromatic rings. The van der Waals surface area contributed by atoms with Crippen molar-refractivity contribution in [1.29, 1.82) is 0 Å². The van der Waals surface area contributed by atoms with E-state index < -0.39 is 28.3 Å². The van der Waals surface area contributed by atoms with Crippen LogP contribution in [0.5, 0.6) is 0 Å². The largest absolute Gasteiger partial charge is 0.468 e. The minimum Gasteiger partial charge on any atom is -0.468 e. The van der Waals surface area contributed by atoms with Gasteiger partial charge < -0.3 is 9.64 Å². The maximum atomic E-state index is 13.6. The Morgan fingerprint density at radius 1 is 1.45 bits per heavy atom. The smallest absolute Gasteiger partial charge is 0.321 e. The number of hydrogen-bond acceptors (Lipinski definition) is 4. The van der Waals surface area contributed by atoms with Crippen molar-refractivity contribution in [3.05, 3.63) is 28.0 Å². The zero-order valence-electron chi connectivity index (χ0n) is 10.2. The predicted molar refractivity (Wildman–Crippen MR) is 75.5 cm³/mol. The highest BCUT2D eigenvalue weighted by atomic mass is 79.9. The van der Waals surface area contributed by atoms with E-state index in [0.717, 1.165) is 11.0 Å². The molecule has 0 saturated heterocycles. The fourth-order valence-electron chi connectivity index (χ4n) is 1.83. The number of alkyl halides is 1. The second-order valence-electron chi connectivity index (χ2n) is 4.02. The van der Waals surface area contributed by atoms with E-state index >= 15 is 0 Å². The Kier molecular flexibility index (Phi) is 4.24. The molecular formula is C12H8Br2FNO4. The molecule has 1 amide bonds. The number of rotatable bonds is 3. The molecule has 0 N–H and O–H groups in total. The number of nitrogens with zero attached hydrogens (tertiary/aromatic N) is 1. The molecular weight excluding hydrogens is 401 g/mol. The molecule has 2 rings (SSSR count). The van der Waals surface area contributed by atoms with E-state index in [4.69, 9.17) is 0 Å². The number of methoxy groups -OCH3 is 1. The van der Waals surface area contributed by atoms with Crippen molar-refractivity contribution in [2.45, 2.75) is 4.83 Å². The molecule has 1 unspecified atom stereocenters. The minimum absolute atomic E-state index is 0.0996. The van der Waals surface area contributed by atoms with Gasteiger partial charge in [-0.2, -0.15) is 0 Å². The van der Waals surface area contributed by atoms with Crippen LogP contribution in [0.25, 0.3) is 0 Å². The zero-order valence-corrected chi connectivity index (χ0v) is 13.3. The molecule has 5 nitrogen and oxygen atoms in total. The lowest BCUT2D eigenvalue weighted by molar-refractivity contribution is -0.139. The predicted octanol–water partition coefficient (Wildman–Crippen LogP) is 2.05. The van der Waals surface area contributed by atoms with Crippen LogP contribution in [0.2, 0.25) is 0 Å². The van der Waals surface area contributed by atoms with Crippen LogP contribution in [-0.2, 0) is 14.3 Å². The van der Waals surface area contributed by atoms with Gasteiger partial charge in [0.15, 0.2) is 0 Å². The minimum atomic E-state index is -0.804. The van der Waals surface area contributed by atoms with Gasteiger partial charge in [0.05, 0.1) is 22.8 Å². The first-order valence-electron chi connectivity index (χ1n) is 5.44. The van der Waals surface area contributed by atoms with Gasteiger partial charge in [-0.05, 0) is 28.1 Å². The average Bonchev–Trinajstić information content (AvgIpc) is 2.64. The molecule has 1 aliphatic rings. The number of halogens is 3. The first-order chi connectivity index (χ1) is 9.36. The number of carbonyl (C=O) groups excluding carboxylic acids is 3. The van der Waals surface area contributed by atoms with E-state index in [0.29, 0.717) is 0 Å². The number of ketones is 1. The Balaban J connectivity index is 2.38. The van der Waals surface area contributed by atoms with E-state index in [2.05, 4.69) is 36.6 Å². The second kappa shape index (κ2) is 5.61. The Morgan fingerprint density at radius 2 is 2.10 bits per heavy atom. The molecule has 1 atom stereocenters. The number of benzene rings is 1. The van der Waals surface area contributed by atoms with Crippen LogP contribution in [0.15, 0.2) is 16.6 Å². The van der Waals surface area contributed by atoms with Crippen molar-refractivity contribution in [2.24, 2.45) is 0 Å². The summed E-state index contributed by atoms with van der Waals surface area (Å²) in [6.45, 7) is -0.120. The number of amides is 1. The summed E-state index contributed by atoms with van der Waals surface area (Å²) >= 11 is 6.02. The third-order valence-corrected chi connectivity index (χ3v) is 4.08. The number of hydrogen-bond donors (Lipinski definition) is 0. The van der Waals surface area contributed by atoms with Gasteiger partial charge in [0.1, 0.15) is 10.6 Å². The average molecular weight is 409 g/mol. The third kappa shape index (κ3) is 2.49. The number of carbonyl (C=O) groups is 3. The van der Waals surface area contributed by atoms with E-state index in [1.165, 1.54) is 13.2 Å². The normalized spacial score (nSPS) is 15.3. The molecule has 0 aliphatic carbocycles. The molecule has 0 saturated carbocycles. The van der Waals surface area contributed by atoms with Gasteiger partial charge in [-0.25, -0.2) is 4.39 Å². The first-order valence-corrected chi connectivity index (χ1v) is 7.14. The molecule has 0 fully saturated rings. The zero-order chi connectivity index (χ0) is 15.0. The van der Waals surface area contributed by atoms with Gasteiger partial charge in [0.25, 0.3) is 11.7 Å². The number of ether oxygens (including phenoxy) is 1. The quantitative estimate of drug-likeness (QED) is 0.436. The first kappa shape index (κ1) is 15.1. The molecule has 20 heavy (non-hydrogen) atoms. The van der Waals surface area contributed by atoms with Crippen LogP contribution in [0.1, 0.15) is 10.4 Å². The van der Waals surface area contributed by atoms with Gasteiger partial charge in [-0.1, -0.05) is 15.9 Å². The molecule has 1 aliphatic heterocycles.